The van der Waals surface area contributed by atoms with Crippen molar-refractivity contribution in [3.63, 3.8) is 0 Å². The molecule has 7 heteroatoms. The van der Waals surface area contributed by atoms with Gasteiger partial charge in [0.15, 0.2) is 11.3 Å². The van der Waals surface area contributed by atoms with Crippen molar-refractivity contribution in [1.82, 2.24) is 15.4 Å². The smallest absolute Gasteiger partial charge is 0.274 e. The first kappa shape index (κ1) is 16.1. The Morgan fingerprint density at radius 3 is 2.73 bits per heavy atom. The van der Waals surface area contributed by atoms with Gasteiger partial charge >= 0.3 is 0 Å². The Labute approximate surface area is 151 Å². The summed E-state index contributed by atoms with van der Waals surface area (Å²) in [7, 11) is 0. The highest BCUT2D eigenvalue weighted by Gasteiger charge is 2.35. The number of nitrogens with one attached hydrogen (secondary N) is 1. The topological polar surface area (TPSA) is 81.8 Å². The van der Waals surface area contributed by atoms with E-state index >= 15 is 0 Å². The molecule has 2 aromatic rings. The monoisotopic (exact) mass is 356 g/mol. The third-order valence-electron chi connectivity index (χ3n) is 6.17. The Morgan fingerprint density at radius 2 is 2.04 bits per heavy atom. The summed E-state index contributed by atoms with van der Waals surface area (Å²) in [4.78, 5) is 17.3. The molecule has 7 nitrogen and oxygen atoms in total. The number of amides is 1. The second-order valence-corrected chi connectivity index (χ2v) is 7.82. The van der Waals surface area contributed by atoms with Gasteiger partial charge in [0.25, 0.3) is 5.91 Å². The molecule has 0 aliphatic carbocycles. The van der Waals surface area contributed by atoms with Crippen LogP contribution < -0.4 is 10.2 Å². The quantitative estimate of drug-likeness (QED) is 0.861. The van der Waals surface area contributed by atoms with Crippen LogP contribution in [0, 0.1) is 5.92 Å². The number of hydrogen-bond acceptors (Lipinski definition) is 6. The van der Waals surface area contributed by atoms with Gasteiger partial charge in [-0.1, -0.05) is 5.16 Å². The SMILES string of the molecule is O=C(N[C@@H]1CN2CCC1CC2)c1noc2cc(N3CCC(O)C3)ccc12. The molecule has 4 fully saturated rings. The summed E-state index contributed by atoms with van der Waals surface area (Å²) in [6.07, 6.45) is 2.83. The summed E-state index contributed by atoms with van der Waals surface area (Å²) in [5.41, 5.74) is 1.97. The molecular weight excluding hydrogens is 332 g/mol. The molecule has 26 heavy (non-hydrogen) atoms. The van der Waals surface area contributed by atoms with Gasteiger partial charge in [-0.15, -0.1) is 0 Å². The molecule has 1 aromatic carbocycles. The van der Waals surface area contributed by atoms with Crippen LogP contribution in [0.5, 0.6) is 0 Å². The number of carbonyl (C=O) groups is 1. The van der Waals surface area contributed by atoms with E-state index in [0.29, 0.717) is 23.7 Å². The van der Waals surface area contributed by atoms with Crippen LogP contribution in [0.4, 0.5) is 5.69 Å². The van der Waals surface area contributed by atoms with E-state index in [0.717, 1.165) is 56.5 Å². The molecule has 1 unspecified atom stereocenters. The molecule has 5 heterocycles. The number of piperidine rings is 3. The highest BCUT2D eigenvalue weighted by atomic mass is 16.5. The van der Waals surface area contributed by atoms with Crippen molar-refractivity contribution in [1.29, 1.82) is 0 Å². The first-order valence-electron chi connectivity index (χ1n) is 9.53. The number of nitrogens with zero attached hydrogens (tertiary/aromatic N) is 3. The average molecular weight is 356 g/mol. The minimum Gasteiger partial charge on any atom is -0.391 e. The number of benzene rings is 1. The van der Waals surface area contributed by atoms with Crippen LogP contribution in [-0.4, -0.2) is 65.9 Å². The van der Waals surface area contributed by atoms with E-state index in [2.05, 4.69) is 20.3 Å². The summed E-state index contributed by atoms with van der Waals surface area (Å²) < 4.78 is 5.44. The van der Waals surface area contributed by atoms with E-state index < -0.39 is 0 Å². The standard InChI is InChI=1S/C19H24N4O3/c24-14-5-8-23(10-14)13-1-2-15-17(9-13)26-21-18(15)19(25)20-16-11-22-6-3-12(16)4-7-22/h1-2,9,12,14,16,24H,3-8,10-11H2,(H,20,25)/t14?,16-/m1/s1. The van der Waals surface area contributed by atoms with Crippen LogP contribution >= 0.6 is 0 Å². The molecule has 4 aliphatic rings. The van der Waals surface area contributed by atoms with E-state index in [1.807, 2.05) is 18.2 Å². The first-order valence-corrected chi connectivity index (χ1v) is 9.53. The molecule has 4 aliphatic heterocycles. The fraction of sp³-hybridized carbons (Fsp3) is 0.579. The van der Waals surface area contributed by atoms with E-state index in [1.165, 1.54) is 0 Å². The van der Waals surface area contributed by atoms with Crippen LogP contribution in [0.25, 0.3) is 11.0 Å². The van der Waals surface area contributed by atoms with E-state index in [1.54, 1.807) is 0 Å². The van der Waals surface area contributed by atoms with E-state index in [4.69, 9.17) is 4.52 Å². The largest absolute Gasteiger partial charge is 0.391 e. The molecule has 0 spiro atoms. The van der Waals surface area contributed by atoms with Gasteiger partial charge in [0, 0.05) is 37.4 Å². The molecule has 0 saturated carbocycles. The molecule has 1 aromatic heterocycles. The minimum absolute atomic E-state index is 0.146. The van der Waals surface area contributed by atoms with Crippen LogP contribution in [0.2, 0.25) is 0 Å². The number of rotatable bonds is 3. The predicted molar refractivity (Wildman–Crippen MR) is 97.3 cm³/mol. The van der Waals surface area contributed by atoms with Gasteiger partial charge in [0.1, 0.15) is 0 Å². The van der Waals surface area contributed by atoms with Gasteiger partial charge < -0.3 is 24.7 Å². The Bertz CT molecular complexity index is 827. The van der Waals surface area contributed by atoms with Crippen LogP contribution in [0.15, 0.2) is 22.7 Å². The van der Waals surface area contributed by atoms with E-state index in [-0.39, 0.29) is 18.1 Å². The molecular formula is C19H24N4O3. The number of aliphatic hydroxyl groups is 1. The van der Waals surface area contributed by atoms with Crippen molar-refractivity contribution in [3.8, 4) is 0 Å². The van der Waals surface area contributed by atoms with Crippen molar-refractivity contribution in [3.05, 3.63) is 23.9 Å². The zero-order valence-corrected chi connectivity index (χ0v) is 14.7. The molecule has 0 radical (unpaired) electrons. The maximum absolute atomic E-state index is 12.8. The number of hydrogen-bond donors (Lipinski definition) is 2. The van der Waals surface area contributed by atoms with Gasteiger partial charge in [0.2, 0.25) is 0 Å². The number of anilines is 1. The molecule has 4 saturated heterocycles. The van der Waals surface area contributed by atoms with Crippen molar-refractivity contribution in [2.24, 2.45) is 5.92 Å². The molecule has 1 amide bonds. The van der Waals surface area contributed by atoms with Crippen LogP contribution in [-0.2, 0) is 0 Å². The summed E-state index contributed by atoms with van der Waals surface area (Å²) in [5.74, 6) is 0.433. The maximum atomic E-state index is 12.8. The summed E-state index contributed by atoms with van der Waals surface area (Å²) in [6, 6.07) is 5.99. The maximum Gasteiger partial charge on any atom is 0.274 e. The number of β-amino-alcohol motifs (C(OH)–C–C–N with tert-alkyl or cyclic N) is 1. The zero-order valence-electron chi connectivity index (χ0n) is 14.7. The molecule has 2 atom stereocenters. The van der Waals surface area contributed by atoms with Gasteiger partial charge in [0.05, 0.1) is 11.5 Å². The lowest BCUT2D eigenvalue weighted by Gasteiger charge is -2.44. The Morgan fingerprint density at radius 1 is 1.19 bits per heavy atom. The lowest BCUT2D eigenvalue weighted by molar-refractivity contribution is 0.0616. The molecule has 6 rings (SSSR count). The Balaban J connectivity index is 1.35. The summed E-state index contributed by atoms with van der Waals surface area (Å²) in [5, 5.41) is 17.7. The zero-order chi connectivity index (χ0) is 17.7. The Kier molecular flexibility index (Phi) is 3.86. The van der Waals surface area contributed by atoms with Crippen molar-refractivity contribution in [2.75, 3.05) is 37.6 Å². The summed E-state index contributed by atoms with van der Waals surface area (Å²) in [6.45, 7) is 4.70. The third kappa shape index (κ3) is 2.75. The highest BCUT2D eigenvalue weighted by molar-refractivity contribution is 6.04. The lowest BCUT2D eigenvalue weighted by atomic mass is 9.84. The second kappa shape index (κ2) is 6.25. The van der Waals surface area contributed by atoms with Gasteiger partial charge in [-0.05, 0) is 50.4 Å². The fourth-order valence-electron chi connectivity index (χ4n) is 4.63. The molecule has 2 bridgehead atoms. The Hall–Kier alpha value is -2.12. The van der Waals surface area contributed by atoms with Crippen molar-refractivity contribution in [2.45, 2.75) is 31.4 Å². The van der Waals surface area contributed by atoms with Gasteiger partial charge in [-0.3, -0.25) is 4.79 Å². The van der Waals surface area contributed by atoms with Crippen molar-refractivity contribution < 1.29 is 14.4 Å². The van der Waals surface area contributed by atoms with Crippen molar-refractivity contribution >= 4 is 22.6 Å². The third-order valence-corrected chi connectivity index (χ3v) is 6.17. The van der Waals surface area contributed by atoms with E-state index in [9.17, 15) is 9.90 Å². The van der Waals surface area contributed by atoms with Gasteiger partial charge in [-0.2, -0.15) is 0 Å². The number of fused-ring (bicyclic) bond motifs is 4. The van der Waals surface area contributed by atoms with Crippen LogP contribution in [0.1, 0.15) is 29.8 Å². The van der Waals surface area contributed by atoms with Gasteiger partial charge in [-0.25, -0.2) is 0 Å². The molecule has 138 valence electrons. The average Bonchev–Trinajstić information content (AvgIpc) is 3.28. The minimum atomic E-state index is -0.275. The predicted octanol–water partition coefficient (Wildman–Crippen LogP) is 1.22. The fourth-order valence-corrected chi connectivity index (χ4v) is 4.63. The number of aromatic nitrogens is 1. The van der Waals surface area contributed by atoms with Crippen LogP contribution in [0.3, 0.4) is 0 Å². The first-order chi connectivity index (χ1) is 12.7. The second-order valence-electron chi connectivity index (χ2n) is 7.82. The number of aliphatic hydroxyl groups excluding tert-OH is 1. The lowest BCUT2D eigenvalue weighted by Crippen LogP contribution is -2.57. The molecule has 2 N–H and O–H groups in total. The highest BCUT2D eigenvalue weighted by Crippen LogP contribution is 2.29. The summed E-state index contributed by atoms with van der Waals surface area (Å²) >= 11 is 0. The number of carbonyl (C=O) groups excluding carboxylic acids is 1. The normalized spacial score (nSPS) is 30.9.